The highest BCUT2D eigenvalue weighted by Crippen LogP contribution is 2.18. The van der Waals surface area contributed by atoms with Gasteiger partial charge in [0.25, 0.3) is 5.56 Å². The number of carbonyl (C=O) groups is 1. The lowest BCUT2D eigenvalue weighted by molar-refractivity contribution is -0.117. The second-order valence-electron chi connectivity index (χ2n) is 6.27. The molecule has 0 saturated heterocycles. The molecule has 140 valence electrons. The molecule has 0 aliphatic rings. The number of rotatable bonds is 7. The van der Waals surface area contributed by atoms with E-state index in [1.807, 2.05) is 44.2 Å². The SMILES string of the molecule is CCCn1c(N)c(NC(=O)[C@H](C)c2ccccc2)c(=O)n(CCC)c1=O. The Bertz CT molecular complexity index is 884. The Morgan fingerprint density at radius 2 is 1.65 bits per heavy atom. The van der Waals surface area contributed by atoms with Gasteiger partial charge in [0.15, 0.2) is 0 Å². The maximum absolute atomic E-state index is 12.7. The minimum atomic E-state index is -0.560. The maximum Gasteiger partial charge on any atom is 0.332 e. The van der Waals surface area contributed by atoms with Gasteiger partial charge in [-0.05, 0) is 25.3 Å². The fraction of sp³-hybridized carbons (Fsp3) is 0.421. The normalized spacial score (nSPS) is 12.0. The molecule has 0 aliphatic carbocycles. The molecule has 7 nitrogen and oxygen atoms in total. The van der Waals surface area contributed by atoms with Gasteiger partial charge < -0.3 is 11.1 Å². The lowest BCUT2D eigenvalue weighted by Crippen LogP contribution is -2.43. The van der Waals surface area contributed by atoms with E-state index < -0.39 is 17.2 Å². The summed E-state index contributed by atoms with van der Waals surface area (Å²) in [6.07, 6.45) is 1.31. The first-order valence-electron chi connectivity index (χ1n) is 8.91. The van der Waals surface area contributed by atoms with Crippen molar-refractivity contribution < 1.29 is 4.79 Å². The molecule has 1 heterocycles. The van der Waals surface area contributed by atoms with E-state index in [-0.39, 0.29) is 24.0 Å². The van der Waals surface area contributed by atoms with E-state index in [9.17, 15) is 14.4 Å². The Morgan fingerprint density at radius 1 is 1.08 bits per heavy atom. The monoisotopic (exact) mass is 358 g/mol. The molecule has 1 amide bonds. The highest BCUT2D eigenvalue weighted by Gasteiger charge is 2.21. The lowest BCUT2D eigenvalue weighted by Gasteiger charge is -2.18. The summed E-state index contributed by atoms with van der Waals surface area (Å²) in [6, 6.07) is 9.27. The standard InChI is InChI=1S/C19H26N4O3/c1-4-11-22-16(20)15(18(25)23(12-5-2)19(22)26)21-17(24)13(3)14-9-7-6-8-10-14/h6-10,13H,4-5,11-12,20H2,1-3H3,(H,21,24)/t13-/m1/s1. The Hall–Kier alpha value is -2.83. The summed E-state index contributed by atoms with van der Waals surface area (Å²) in [6.45, 7) is 6.21. The van der Waals surface area contributed by atoms with Crippen molar-refractivity contribution >= 4 is 17.4 Å². The van der Waals surface area contributed by atoms with Crippen LogP contribution in [0.4, 0.5) is 11.5 Å². The third-order valence-electron chi connectivity index (χ3n) is 4.30. The fourth-order valence-electron chi connectivity index (χ4n) is 2.82. The van der Waals surface area contributed by atoms with Gasteiger partial charge in [0, 0.05) is 13.1 Å². The maximum atomic E-state index is 12.7. The topological polar surface area (TPSA) is 99.1 Å². The van der Waals surface area contributed by atoms with Gasteiger partial charge in [-0.25, -0.2) is 4.79 Å². The second-order valence-corrected chi connectivity index (χ2v) is 6.27. The first kappa shape index (κ1) is 19.5. The highest BCUT2D eigenvalue weighted by atomic mass is 16.2. The molecular formula is C19H26N4O3. The molecule has 0 saturated carbocycles. The predicted octanol–water partition coefficient (Wildman–Crippen LogP) is 2.15. The van der Waals surface area contributed by atoms with Crippen molar-refractivity contribution in [1.82, 2.24) is 9.13 Å². The van der Waals surface area contributed by atoms with Gasteiger partial charge in [-0.1, -0.05) is 44.2 Å². The molecule has 26 heavy (non-hydrogen) atoms. The van der Waals surface area contributed by atoms with Crippen LogP contribution in [0.2, 0.25) is 0 Å². The minimum absolute atomic E-state index is 0.00261. The summed E-state index contributed by atoms with van der Waals surface area (Å²) >= 11 is 0. The number of amides is 1. The van der Waals surface area contributed by atoms with Crippen LogP contribution in [0, 0.1) is 0 Å². The first-order valence-corrected chi connectivity index (χ1v) is 8.91. The summed E-state index contributed by atoms with van der Waals surface area (Å²) in [5.41, 5.74) is 5.86. The Labute approximate surface area is 152 Å². The highest BCUT2D eigenvalue weighted by molar-refractivity contribution is 5.97. The predicted molar refractivity (Wildman–Crippen MR) is 103 cm³/mol. The van der Waals surface area contributed by atoms with Crippen molar-refractivity contribution in [2.45, 2.75) is 52.6 Å². The number of nitrogens with one attached hydrogen (secondary N) is 1. The number of aromatic nitrogens is 2. The van der Waals surface area contributed by atoms with Gasteiger partial charge in [-0.2, -0.15) is 0 Å². The number of nitrogens with two attached hydrogens (primary N) is 1. The molecule has 0 radical (unpaired) electrons. The van der Waals surface area contributed by atoms with Gasteiger partial charge in [-0.15, -0.1) is 0 Å². The van der Waals surface area contributed by atoms with Gasteiger partial charge in [0.1, 0.15) is 11.5 Å². The Balaban J connectivity index is 2.46. The van der Waals surface area contributed by atoms with Crippen LogP contribution in [-0.4, -0.2) is 15.0 Å². The molecule has 7 heteroatoms. The second kappa shape index (κ2) is 8.51. The van der Waals surface area contributed by atoms with E-state index in [1.165, 1.54) is 4.57 Å². The number of carbonyl (C=O) groups excluding carboxylic acids is 1. The molecule has 1 atom stereocenters. The molecule has 0 spiro atoms. The molecule has 3 N–H and O–H groups in total. The lowest BCUT2D eigenvalue weighted by atomic mass is 10.0. The van der Waals surface area contributed by atoms with Crippen molar-refractivity contribution in [3.8, 4) is 0 Å². The van der Waals surface area contributed by atoms with E-state index in [0.717, 1.165) is 10.1 Å². The summed E-state index contributed by atoms with van der Waals surface area (Å²) in [5, 5.41) is 2.64. The largest absolute Gasteiger partial charge is 0.383 e. The van der Waals surface area contributed by atoms with Crippen LogP contribution in [0.1, 0.15) is 45.1 Å². The van der Waals surface area contributed by atoms with Crippen LogP contribution in [0.3, 0.4) is 0 Å². The van der Waals surface area contributed by atoms with Crippen LogP contribution < -0.4 is 22.3 Å². The van der Waals surface area contributed by atoms with Gasteiger partial charge in [-0.3, -0.25) is 18.7 Å². The van der Waals surface area contributed by atoms with E-state index >= 15 is 0 Å². The zero-order chi connectivity index (χ0) is 19.3. The molecule has 1 aromatic carbocycles. The van der Waals surface area contributed by atoms with Crippen molar-refractivity contribution in [2.24, 2.45) is 0 Å². The van der Waals surface area contributed by atoms with Crippen molar-refractivity contribution in [3.05, 3.63) is 56.7 Å². The quantitative estimate of drug-likeness (QED) is 0.792. The van der Waals surface area contributed by atoms with Crippen LogP contribution in [0.25, 0.3) is 0 Å². The Morgan fingerprint density at radius 3 is 2.23 bits per heavy atom. The number of nitrogen functional groups attached to an aromatic ring is 1. The van der Waals surface area contributed by atoms with Crippen LogP contribution in [-0.2, 0) is 17.9 Å². The van der Waals surface area contributed by atoms with E-state index in [4.69, 9.17) is 5.73 Å². The van der Waals surface area contributed by atoms with Crippen molar-refractivity contribution in [2.75, 3.05) is 11.1 Å². The zero-order valence-corrected chi connectivity index (χ0v) is 15.5. The number of hydrogen-bond acceptors (Lipinski definition) is 4. The van der Waals surface area contributed by atoms with Gasteiger partial charge in [0.2, 0.25) is 5.91 Å². The number of anilines is 2. The van der Waals surface area contributed by atoms with E-state index in [1.54, 1.807) is 6.92 Å². The molecule has 0 bridgehead atoms. The first-order chi connectivity index (χ1) is 12.4. The molecule has 0 unspecified atom stereocenters. The van der Waals surface area contributed by atoms with E-state index in [2.05, 4.69) is 5.32 Å². The van der Waals surface area contributed by atoms with Crippen LogP contribution in [0.5, 0.6) is 0 Å². The third-order valence-corrected chi connectivity index (χ3v) is 4.30. The summed E-state index contributed by atoms with van der Waals surface area (Å²) < 4.78 is 2.48. The molecule has 2 rings (SSSR count). The third kappa shape index (κ3) is 3.87. The van der Waals surface area contributed by atoms with Crippen LogP contribution >= 0.6 is 0 Å². The average molecular weight is 358 g/mol. The average Bonchev–Trinajstić information content (AvgIpc) is 2.65. The zero-order valence-electron chi connectivity index (χ0n) is 15.5. The molecular weight excluding hydrogens is 332 g/mol. The summed E-state index contributed by atoms with van der Waals surface area (Å²) in [7, 11) is 0. The van der Waals surface area contributed by atoms with Crippen LogP contribution in [0.15, 0.2) is 39.9 Å². The molecule has 0 fully saturated rings. The van der Waals surface area contributed by atoms with Gasteiger partial charge >= 0.3 is 5.69 Å². The van der Waals surface area contributed by atoms with E-state index in [0.29, 0.717) is 19.4 Å². The summed E-state index contributed by atoms with van der Waals surface area (Å²) in [5.74, 6) is -0.797. The molecule has 2 aromatic rings. The van der Waals surface area contributed by atoms with Crippen molar-refractivity contribution in [3.63, 3.8) is 0 Å². The van der Waals surface area contributed by atoms with Crippen molar-refractivity contribution in [1.29, 1.82) is 0 Å². The smallest absolute Gasteiger partial charge is 0.332 e. The molecule has 0 aliphatic heterocycles. The number of benzene rings is 1. The summed E-state index contributed by atoms with van der Waals surface area (Å²) in [4.78, 5) is 37.9. The Kier molecular flexibility index (Phi) is 6.38. The fourth-order valence-corrected chi connectivity index (χ4v) is 2.82. The van der Waals surface area contributed by atoms with Gasteiger partial charge in [0.05, 0.1) is 5.92 Å². The number of nitrogens with zero attached hydrogens (tertiary/aromatic N) is 2. The number of hydrogen-bond donors (Lipinski definition) is 2. The minimum Gasteiger partial charge on any atom is -0.383 e. The molecule has 1 aromatic heterocycles.